The van der Waals surface area contributed by atoms with Crippen LogP contribution in [0.15, 0.2) is 59.0 Å². The second-order valence-corrected chi connectivity index (χ2v) is 15.5. The fourth-order valence-electron chi connectivity index (χ4n) is 9.36. The minimum absolute atomic E-state index is 0.00161. The highest BCUT2D eigenvalue weighted by Crippen LogP contribution is 2.60. The number of hydrogen-bond acceptors (Lipinski definition) is 11. The molecule has 0 amide bonds. The summed E-state index contributed by atoms with van der Waals surface area (Å²) in [5, 5.41) is 117. The maximum Gasteiger partial charge on any atom is 0.203 e. The number of rotatable bonds is 2. The molecule has 2 heterocycles. The molecule has 1 aliphatic heterocycles. The number of aromatic hydroxyl groups is 10. The van der Waals surface area contributed by atoms with Gasteiger partial charge in [0, 0.05) is 43.6 Å². The summed E-state index contributed by atoms with van der Waals surface area (Å²) in [5.41, 5.74) is 5.75. The summed E-state index contributed by atoms with van der Waals surface area (Å²) in [7, 11) is 1.20. The van der Waals surface area contributed by atoms with Crippen molar-refractivity contribution in [3.8, 4) is 90.9 Å². The first-order chi connectivity index (χ1) is 28.1. The van der Waals surface area contributed by atoms with E-state index >= 15 is 0 Å². The fourth-order valence-corrected chi connectivity index (χ4v) is 9.36. The van der Waals surface area contributed by atoms with E-state index in [2.05, 4.69) is 6.07 Å². The van der Waals surface area contributed by atoms with Crippen molar-refractivity contribution in [2.45, 2.75) is 34.6 Å². The highest BCUT2D eigenvalue weighted by Gasteiger charge is 2.38. The zero-order valence-corrected chi connectivity index (χ0v) is 32.2. The summed E-state index contributed by atoms with van der Waals surface area (Å²) in [6, 6.07) is 17.3. The molecule has 0 atom stereocenters. The van der Waals surface area contributed by atoms with Crippen LogP contribution < -0.4 is 10.9 Å². The Labute approximate surface area is 335 Å². The zero-order chi connectivity index (χ0) is 41.8. The van der Waals surface area contributed by atoms with Crippen LogP contribution in [0.1, 0.15) is 27.8 Å². The number of fused-ring (bicyclic) bond motifs is 6. The Bertz CT molecular complexity index is 3460. The molecule has 0 bridgehead atoms. The van der Waals surface area contributed by atoms with Gasteiger partial charge in [0.2, 0.25) is 13.0 Å². The minimum atomic E-state index is -1.05. The maximum absolute atomic E-state index is 12.3. The van der Waals surface area contributed by atoms with Crippen molar-refractivity contribution >= 4 is 72.5 Å². The molecular formula is C47H34BO11. The molecule has 0 fully saturated rings. The van der Waals surface area contributed by atoms with E-state index < -0.39 is 51.4 Å². The lowest BCUT2D eigenvalue weighted by Crippen LogP contribution is -2.28. The molecule has 0 aliphatic carbocycles. The Hall–Kier alpha value is -7.60. The average Bonchev–Trinajstić information content (AvgIpc) is 3.51. The first kappa shape index (κ1) is 35.8. The van der Waals surface area contributed by atoms with Crippen molar-refractivity contribution in [2.24, 2.45) is 0 Å². The molecule has 0 spiro atoms. The molecule has 59 heavy (non-hydrogen) atoms. The molecule has 1 aliphatic rings. The molecule has 0 unspecified atom stereocenters. The van der Waals surface area contributed by atoms with Gasteiger partial charge in [-0.3, -0.25) is 0 Å². The van der Waals surface area contributed by atoms with Crippen molar-refractivity contribution in [1.82, 2.24) is 0 Å². The van der Waals surface area contributed by atoms with Gasteiger partial charge in [-0.25, -0.2) is 0 Å². The van der Waals surface area contributed by atoms with E-state index in [0.717, 1.165) is 33.0 Å². The fraction of sp³-hybridized carbons (Fsp3) is 0.106. The summed E-state index contributed by atoms with van der Waals surface area (Å²) in [6.07, 6.45) is 0. The predicted octanol–water partition coefficient (Wildman–Crippen LogP) is 8.61. The lowest BCUT2D eigenvalue weighted by Gasteiger charge is -2.25. The highest BCUT2D eigenvalue weighted by atomic mass is 16.3. The largest absolute Gasteiger partial charge is 0.507 e. The van der Waals surface area contributed by atoms with Gasteiger partial charge in [0.25, 0.3) is 0 Å². The van der Waals surface area contributed by atoms with Gasteiger partial charge in [0.1, 0.15) is 22.7 Å². The quantitative estimate of drug-likeness (QED) is 0.0347. The second kappa shape index (κ2) is 11.7. The number of phenols is 10. The molecule has 9 aromatic rings. The van der Waals surface area contributed by atoms with Crippen molar-refractivity contribution in [2.75, 3.05) is 0 Å². The SMILES string of the molecule is Cc1ccccc1-c1c(C)ccc2oc3cc(-c4c5c(O)c(C)c(C)c(O)c5c5c6c(c(O)c(O)c(O)c46)[B]c4c(O)c(O)c(O)c6c(O)c(O)c(C)c-5c46)ccc3c12. The van der Waals surface area contributed by atoms with Crippen LogP contribution in [0.4, 0.5) is 0 Å². The number of benzene rings is 8. The van der Waals surface area contributed by atoms with Gasteiger partial charge in [0.15, 0.2) is 40.2 Å². The summed E-state index contributed by atoms with van der Waals surface area (Å²) < 4.78 is 6.53. The molecule has 1 aromatic heterocycles. The summed E-state index contributed by atoms with van der Waals surface area (Å²) in [5.74, 6) is -7.68. The van der Waals surface area contributed by atoms with Crippen molar-refractivity contribution in [3.05, 3.63) is 82.4 Å². The van der Waals surface area contributed by atoms with Crippen LogP contribution in [-0.4, -0.2) is 58.3 Å². The van der Waals surface area contributed by atoms with Gasteiger partial charge in [-0.1, -0.05) is 36.4 Å². The highest BCUT2D eigenvalue weighted by molar-refractivity contribution is 6.76. The van der Waals surface area contributed by atoms with Crippen LogP contribution in [0.2, 0.25) is 0 Å². The molecule has 291 valence electrons. The van der Waals surface area contributed by atoms with Gasteiger partial charge in [-0.05, 0) is 119 Å². The van der Waals surface area contributed by atoms with E-state index in [1.165, 1.54) is 14.2 Å². The van der Waals surface area contributed by atoms with E-state index in [9.17, 15) is 51.1 Å². The summed E-state index contributed by atoms with van der Waals surface area (Å²) in [6.45, 7) is 8.70. The van der Waals surface area contributed by atoms with E-state index in [-0.39, 0.29) is 82.7 Å². The Morgan fingerprint density at radius 1 is 0.390 bits per heavy atom. The van der Waals surface area contributed by atoms with Crippen LogP contribution in [0.25, 0.3) is 87.6 Å². The first-order valence-corrected chi connectivity index (χ1v) is 18.7. The Kier molecular flexibility index (Phi) is 7.12. The van der Waals surface area contributed by atoms with Crippen LogP contribution in [-0.2, 0) is 0 Å². The standard InChI is InChI=1S/C47H34BO11/c1-15-8-6-7-9-21(15)25-16(2)10-13-23-28(25)22-12-11-20(14-24(22)59-23)27-32-31-29(34-33(27)38(49)17(3)18(4)39(34)50)26-19(5)40(51)42(53)35-30(26)36(44(55)47(58)43(35)54)48-37(31)45(56)46(57)41(32)52/h6-14,49-58H,1-5H3. The lowest BCUT2D eigenvalue weighted by molar-refractivity contribution is 0.370. The monoisotopic (exact) mass is 785 g/mol. The molecule has 12 heteroatoms. The molecular weight excluding hydrogens is 751 g/mol. The molecule has 11 nitrogen and oxygen atoms in total. The van der Waals surface area contributed by atoms with E-state index in [1.807, 2.05) is 50.2 Å². The van der Waals surface area contributed by atoms with Crippen LogP contribution in [0.3, 0.4) is 0 Å². The number of aryl methyl sites for hydroxylation is 2. The van der Waals surface area contributed by atoms with E-state index in [1.54, 1.807) is 26.0 Å². The first-order valence-electron chi connectivity index (χ1n) is 18.7. The minimum Gasteiger partial charge on any atom is -0.507 e. The molecule has 10 rings (SSSR count). The number of phenolic OH excluding ortho intramolecular Hbond substituents is 10. The van der Waals surface area contributed by atoms with Gasteiger partial charge in [-0.2, -0.15) is 0 Å². The summed E-state index contributed by atoms with van der Waals surface area (Å²) in [4.78, 5) is 0. The normalized spacial score (nSPS) is 12.3. The Morgan fingerprint density at radius 3 is 1.59 bits per heavy atom. The lowest BCUT2D eigenvalue weighted by atomic mass is 9.60. The van der Waals surface area contributed by atoms with Crippen molar-refractivity contribution in [3.63, 3.8) is 0 Å². The molecule has 1 radical (unpaired) electrons. The van der Waals surface area contributed by atoms with E-state index in [0.29, 0.717) is 16.7 Å². The van der Waals surface area contributed by atoms with E-state index in [4.69, 9.17) is 4.42 Å². The van der Waals surface area contributed by atoms with Gasteiger partial charge in [0.05, 0.1) is 5.39 Å². The molecule has 8 aromatic carbocycles. The third kappa shape index (κ3) is 4.32. The predicted molar refractivity (Wildman–Crippen MR) is 228 cm³/mol. The van der Waals surface area contributed by atoms with Crippen LogP contribution in [0, 0.1) is 34.6 Å². The van der Waals surface area contributed by atoms with Crippen LogP contribution >= 0.6 is 0 Å². The smallest absolute Gasteiger partial charge is 0.203 e. The average molecular weight is 786 g/mol. The van der Waals surface area contributed by atoms with Crippen molar-refractivity contribution < 1.29 is 55.5 Å². The Morgan fingerprint density at radius 2 is 0.949 bits per heavy atom. The van der Waals surface area contributed by atoms with Crippen molar-refractivity contribution in [1.29, 1.82) is 0 Å². The summed E-state index contributed by atoms with van der Waals surface area (Å²) >= 11 is 0. The third-order valence-corrected chi connectivity index (χ3v) is 12.4. The number of furan rings is 1. The third-order valence-electron chi connectivity index (χ3n) is 12.4. The van der Waals surface area contributed by atoms with Crippen LogP contribution in [0.5, 0.6) is 57.5 Å². The molecule has 10 N–H and O–H groups in total. The zero-order valence-electron chi connectivity index (χ0n) is 32.2. The van der Waals surface area contributed by atoms with Gasteiger partial charge >= 0.3 is 0 Å². The molecule has 0 saturated carbocycles. The van der Waals surface area contributed by atoms with Gasteiger partial charge < -0.3 is 55.5 Å². The molecule has 0 saturated heterocycles. The van der Waals surface area contributed by atoms with Gasteiger partial charge in [-0.15, -0.1) is 0 Å². The second-order valence-electron chi connectivity index (χ2n) is 15.5. The topological polar surface area (TPSA) is 215 Å². The number of hydrogen-bond donors (Lipinski definition) is 10. The maximum atomic E-state index is 12.3. The Balaban J connectivity index is 1.45.